The molecule has 1 aliphatic rings. The minimum absolute atomic E-state index is 0.0303. The summed E-state index contributed by atoms with van der Waals surface area (Å²) in [6.07, 6.45) is 1.87. The number of para-hydroxylation sites is 1. The SMILES string of the molecule is NCC1(c2nc3c(O)cccc3c(=O)[nH]2)CC1. The lowest BCUT2D eigenvalue weighted by atomic mass is 10.1. The second kappa shape index (κ2) is 3.30. The van der Waals surface area contributed by atoms with E-state index in [1.807, 2.05) is 0 Å². The van der Waals surface area contributed by atoms with Gasteiger partial charge in [-0.3, -0.25) is 4.79 Å². The van der Waals surface area contributed by atoms with E-state index < -0.39 is 0 Å². The molecule has 0 atom stereocenters. The van der Waals surface area contributed by atoms with Crippen molar-refractivity contribution in [1.82, 2.24) is 9.97 Å². The van der Waals surface area contributed by atoms with Crippen molar-refractivity contribution in [2.24, 2.45) is 5.73 Å². The van der Waals surface area contributed by atoms with Crippen molar-refractivity contribution in [3.05, 3.63) is 34.4 Å². The third kappa shape index (κ3) is 1.43. The van der Waals surface area contributed by atoms with Crippen LogP contribution in [0.5, 0.6) is 5.75 Å². The normalized spacial score (nSPS) is 17.2. The second-order valence-electron chi connectivity index (χ2n) is 4.57. The van der Waals surface area contributed by atoms with E-state index in [1.165, 1.54) is 6.07 Å². The number of phenols is 1. The van der Waals surface area contributed by atoms with E-state index in [0.29, 0.717) is 23.3 Å². The van der Waals surface area contributed by atoms with Gasteiger partial charge in [0, 0.05) is 12.0 Å². The maximum atomic E-state index is 11.9. The van der Waals surface area contributed by atoms with Gasteiger partial charge >= 0.3 is 0 Å². The number of aromatic hydroxyl groups is 1. The number of phenolic OH excluding ortho intramolecular Hbond substituents is 1. The summed E-state index contributed by atoms with van der Waals surface area (Å²) in [5.74, 6) is 0.627. The predicted molar refractivity (Wildman–Crippen MR) is 64.0 cm³/mol. The number of nitrogens with one attached hydrogen (secondary N) is 1. The number of hydrogen-bond acceptors (Lipinski definition) is 4. The summed E-state index contributed by atoms with van der Waals surface area (Å²) >= 11 is 0. The molecule has 1 aromatic carbocycles. The average molecular weight is 231 g/mol. The molecule has 3 rings (SSSR count). The van der Waals surface area contributed by atoms with Crippen LogP contribution in [0.2, 0.25) is 0 Å². The fourth-order valence-corrected chi connectivity index (χ4v) is 2.09. The molecular formula is C12H13N3O2. The van der Waals surface area contributed by atoms with Gasteiger partial charge in [0.1, 0.15) is 17.1 Å². The molecule has 1 aliphatic carbocycles. The molecule has 0 bridgehead atoms. The van der Waals surface area contributed by atoms with Gasteiger partial charge in [-0.05, 0) is 25.0 Å². The van der Waals surface area contributed by atoms with Crippen LogP contribution >= 0.6 is 0 Å². The standard InChI is InChI=1S/C12H13N3O2/c13-6-12(4-5-12)11-14-9-7(10(17)15-11)2-1-3-8(9)16/h1-3,16H,4-6,13H2,(H,14,15,17). The van der Waals surface area contributed by atoms with Gasteiger partial charge in [0.25, 0.3) is 5.56 Å². The van der Waals surface area contributed by atoms with Crippen molar-refractivity contribution in [1.29, 1.82) is 0 Å². The van der Waals surface area contributed by atoms with Crippen LogP contribution < -0.4 is 11.3 Å². The number of hydrogen-bond donors (Lipinski definition) is 3. The highest BCUT2D eigenvalue weighted by molar-refractivity contribution is 5.83. The maximum Gasteiger partial charge on any atom is 0.258 e. The third-order valence-corrected chi connectivity index (χ3v) is 3.46. The molecule has 0 unspecified atom stereocenters. The molecule has 1 fully saturated rings. The molecular weight excluding hydrogens is 218 g/mol. The molecule has 4 N–H and O–H groups in total. The number of aromatic amines is 1. The average Bonchev–Trinajstić information content (AvgIpc) is 3.11. The molecule has 0 amide bonds. The first-order valence-electron chi connectivity index (χ1n) is 5.59. The van der Waals surface area contributed by atoms with Gasteiger partial charge in [0.2, 0.25) is 0 Å². The van der Waals surface area contributed by atoms with E-state index >= 15 is 0 Å². The van der Waals surface area contributed by atoms with Gasteiger partial charge < -0.3 is 15.8 Å². The van der Waals surface area contributed by atoms with E-state index in [4.69, 9.17) is 5.73 Å². The van der Waals surface area contributed by atoms with Crippen LogP contribution in [0.15, 0.2) is 23.0 Å². The summed E-state index contributed by atoms with van der Waals surface area (Å²) in [5, 5.41) is 10.1. The van der Waals surface area contributed by atoms with Gasteiger partial charge in [-0.15, -0.1) is 0 Å². The highest BCUT2D eigenvalue weighted by Gasteiger charge is 2.45. The fraction of sp³-hybridized carbons (Fsp3) is 0.333. The van der Waals surface area contributed by atoms with Crippen molar-refractivity contribution in [3.8, 4) is 5.75 Å². The van der Waals surface area contributed by atoms with Crippen LogP contribution in [0.4, 0.5) is 0 Å². The molecule has 0 saturated heterocycles. The molecule has 0 spiro atoms. The molecule has 5 nitrogen and oxygen atoms in total. The summed E-state index contributed by atoms with van der Waals surface area (Å²) in [6.45, 7) is 0.467. The van der Waals surface area contributed by atoms with Gasteiger partial charge in [-0.1, -0.05) is 6.07 Å². The lowest BCUT2D eigenvalue weighted by Gasteiger charge is -2.12. The monoisotopic (exact) mass is 231 g/mol. The zero-order valence-electron chi connectivity index (χ0n) is 9.23. The lowest BCUT2D eigenvalue weighted by molar-refractivity contribution is 0.479. The van der Waals surface area contributed by atoms with Crippen molar-refractivity contribution < 1.29 is 5.11 Å². The molecule has 88 valence electrons. The topological polar surface area (TPSA) is 92.0 Å². The van der Waals surface area contributed by atoms with E-state index in [9.17, 15) is 9.90 Å². The van der Waals surface area contributed by atoms with Crippen LogP contribution in [0.25, 0.3) is 10.9 Å². The highest BCUT2D eigenvalue weighted by Crippen LogP contribution is 2.45. The Morgan fingerprint density at radius 1 is 1.47 bits per heavy atom. The largest absolute Gasteiger partial charge is 0.506 e. The van der Waals surface area contributed by atoms with E-state index in [-0.39, 0.29) is 16.7 Å². The number of nitrogens with zero attached hydrogens (tertiary/aromatic N) is 1. The Kier molecular flexibility index (Phi) is 2.00. The van der Waals surface area contributed by atoms with E-state index in [1.54, 1.807) is 12.1 Å². The van der Waals surface area contributed by atoms with Crippen molar-refractivity contribution in [3.63, 3.8) is 0 Å². The van der Waals surface area contributed by atoms with Crippen LogP contribution in [-0.2, 0) is 5.41 Å². The molecule has 5 heteroatoms. The number of rotatable bonds is 2. The minimum atomic E-state index is -0.222. The molecule has 1 saturated carbocycles. The number of H-pyrrole nitrogens is 1. The second-order valence-corrected chi connectivity index (χ2v) is 4.57. The Morgan fingerprint density at radius 3 is 2.88 bits per heavy atom. The number of benzene rings is 1. The summed E-state index contributed by atoms with van der Waals surface area (Å²) in [6, 6.07) is 4.80. The van der Waals surface area contributed by atoms with Gasteiger partial charge in [-0.2, -0.15) is 0 Å². The number of nitrogens with two attached hydrogens (primary N) is 1. The van der Waals surface area contributed by atoms with E-state index in [2.05, 4.69) is 9.97 Å². The maximum absolute atomic E-state index is 11.9. The van der Waals surface area contributed by atoms with Gasteiger partial charge in [0.05, 0.1) is 5.39 Å². The Bertz CT molecular complexity index is 644. The summed E-state index contributed by atoms with van der Waals surface area (Å²) in [7, 11) is 0. The van der Waals surface area contributed by atoms with E-state index in [0.717, 1.165) is 12.8 Å². The summed E-state index contributed by atoms with van der Waals surface area (Å²) in [5.41, 5.74) is 5.65. The first kappa shape index (κ1) is 10.3. The molecule has 1 aromatic heterocycles. The molecule has 0 radical (unpaired) electrons. The highest BCUT2D eigenvalue weighted by atomic mass is 16.3. The Morgan fingerprint density at radius 2 is 2.24 bits per heavy atom. The zero-order valence-corrected chi connectivity index (χ0v) is 9.23. The van der Waals surface area contributed by atoms with Crippen LogP contribution in [0.1, 0.15) is 18.7 Å². The van der Waals surface area contributed by atoms with Gasteiger partial charge in [0.15, 0.2) is 0 Å². The molecule has 1 heterocycles. The molecule has 17 heavy (non-hydrogen) atoms. The Hall–Kier alpha value is -1.88. The first-order chi connectivity index (χ1) is 8.16. The molecule has 0 aliphatic heterocycles. The van der Waals surface area contributed by atoms with Crippen molar-refractivity contribution in [2.45, 2.75) is 18.3 Å². The smallest absolute Gasteiger partial charge is 0.258 e. The zero-order chi connectivity index (χ0) is 12.0. The predicted octanol–water partition coefficient (Wildman–Crippen LogP) is 0.619. The Labute approximate surface area is 97.3 Å². The number of fused-ring (bicyclic) bond motifs is 1. The Balaban J connectivity index is 2.31. The van der Waals surface area contributed by atoms with Crippen LogP contribution in [-0.4, -0.2) is 21.6 Å². The molecule has 2 aromatic rings. The number of aromatic nitrogens is 2. The van der Waals surface area contributed by atoms with Crippen molar-refractivity contribution in [2.75, 3.05) is 6.54 Å². The lowest BCUT2D eigenvalue weighted by Crippen LogP contribution is -2.25. The van der Waals surface area contributed by atoms with Gasteiger partial charge in [-0.25, -0.2) is 4.98 Å². The summed E-state index contributed by atoms with van der Waals surface area (Å²) in [4.78, 5) is 19.0. The third-order valence-electron chi connectivity index (χ3n) is 3.46. The minimum Gasteiger partial charge on any atom is -0.506 e. The van der Waals surface area contributed by atoms with Crippen LogP contribution in [0.3, 0.4) is 0 Å². The van der Waals surface area contributed by atoms with Crippen LogP contribution in [0, 0.1) is 0 Å². The quantitative estimate of drug-likeness (QED) is 0.706. The summed E-state index contributed by atoms with van der Waals surface area (Å²) < 4.78 is 0. The first-order valence-corrected chi connectivity index (χ1v) is 5.59. The van der Waals surface area contributed by atoms with Crippen molar-refractivity contribution >= 4 is 10.9 Å². The fourth-order valence-electron chi connectivity index (χ4n) is 2.09.